The summed E-state index contributed by atoms with van der Waals surface area (Å²) in [6.07, 6.45) is 4.85. The second-order valence-electron chi connectivity index (χ2n) is 1.29. The maximum absolute atomic E-state index is 5.16. The zero-order chi connectivity index (χ0) is 5.21. The minimum atomic E-state index is -0.736. The molecule has 0 fully saturated rings. The third-order valence-electron chi connectivity index (χ3n) is 0.292. The highest BCUT2D eigenvalue weighted by Crippen LogP contribution is 1.98. The van der Waals surface area contributed by atoms with Crippen LogP contribution in [-0.4, -0.2) is 4.87 Å². The molecule has 0 aromatic rings. The van der Waals surface area contributed by atoms with Crippen LogP contribution in [0.5, 0.6) is 0 Å². The molecular weight excluding hydrogens is 94.1 g/mol. The van der Waals surface area contributed by atoms with Gasteiger partial charge in [-0.1, -0.05) is 5.92 Å². The molecule has 0 saturated carbocycles. The third-order valence-corrected chi connectivity index (χ3v) is 0.421. The van der Waals surface area contributed by atoms with E-state index in [2.05, 4.69) is 18.5 Å². The molecule has 0 bridgehead atoms. The molecule has 0 radical (unpaired) electrons. The molecule has 1 atom stereocenters. The second kappa shape index (κ2) is 1.55. The summed E-state index contributed by atoms with van der Waals surface area (Å²) in [6, 6.07) is 0. The van der Waals surface area contributed by atoms with Crippen LogP contribution in [0.1, 0.15) is 6.92 Å². The van der Waals surface area contributed by atoms with E-state index in [1.54, 1.807) is 6.92 Å². The van der Waals surface area contributed by atoms with E-state index in [1.165, 1.54) is 0 Å². The molecule has 0 spiro atoms. The van der Waals surface area contributed by atoms with Gasteiger partial charge in [0.25, 0.3) is 0 Å². The van der Waals surface area contributed by atoms with Crippen LogP contribution in [0.4, 0.5) is 0 Å². The topological polar surface area (TPSA) is 26.0 Å². The summed E-state index contributed by atoms with van der Waals surface area (Å²) in [5, 5.41) is 0. The summed E-state index contributed by atoms with van der Waals surface area (Å²) in [6.45, 7) is 1.65. The van der Waals surface area contributed by atoms with Crippen molar-refractivity contribution in [1.82, 2.24) is 0 Å². The van der Waals surface area contributed by atoms with Gasteiger partial charge in [-0.2, -0.15) is 0 Å². The molecule has 0 aromatic carbocycles. The number of thiol groups is 1. The fourth-order valence-corrected chi connectivity index (χ4v) is 0. The molecule has 2 N–H and O–H groups in total. The molecule has 0 aliphatic heterocycles. The highest BCUT2D eigenvalue weighted by atomic mass is 32.1. The summed E-state index contributed by atoms with van der Waals surface area (Å²) < 4.78 is 0. The Morgan fingerprint density at radius 3 is 2.17 bits per heavy atom. The molecule has 0 rings (SSSR count). The van der Waals surface area contributed by atoms with Gasteiger partial charge in [-0.05, 0) is 6.92 Å². The van der Waals surface area contributed by atoms with Crippen molar-refractivity contribution >= 4 is 12.6 Å². The van der Waals surface area contributed by atoms with Crippen molar-refractivity contribution in [2.75, 3.05) is 0 Å². The Kier molecular flexibility index (Phi) is 1.51. The SMILES string of the molecule is C#CC(C)(N)S. The molecule has 1 unspecified atom stereocenters. The zero-order valence-corrected chi connectivity index (χ0v) is 4.50. The van der Waals surface area contributed by atoms with Crippen molar-refractivity contribution in [3.8, 4) is 12.3 Å². The lowest BCUT2D eigenvalue weighted by molar-refractivity contribution is 0.889. The van der Waals surface area contributed by atoms with Gasteiger partial charge in [-0.25, -0.2) is 0 Å². The van der Waals surface area contributed by atoms with Crippen molar-refractivity contribution in [2.24, 2.45) is 5.73 Å². The smallest absolute Gasteiger partial charge is 0.118 e. The molecule has 0 heterocycles. The van der Waals surface area contributed by atoms with E-state index in [9.17, 15) is 0 Å². The van der Waals surface area contributed by atoms with Gasteiger partial charge in [-0.3, -0.25) is 0 Å². The van der Waals surface area contributed by atoms with Crippen molar-refractivity contribution in [1.29, 1.82) is 0 Å². The summed E-state index contributed by atoms with van der Waals surface area (Å²) in [5.74, 6) is 2.25. The lowest BCUT2D eigenvalue weighted by atomic mass is 10.4. The Morgan fingerprint density at radius 2 is 2.17 bits per heavy atom. The summed E-state index contributed by atoms with van der Waals surface area (Å²) >= 11 is 3.80. The average Bonchev–Trinajstić information content (AvgIpc) is 1.35. The average molecular weight is 101 g/mol. The van der Waals surface area contributed by atoms with Crippen molar-refractivity contribution in [2.45, 2.75) is 11.8 Å². The van der Waals surface area contributed by atoms with Gasteiger partial charge >= 0.3 is 0 Å². The molecule has 34 valence electrons. The summed E-state index contributed by atoms with van der Waals surface area (Å²) in [7, 11) is 0. The fraction of sp³-hybridized carbons (Fsp3) is 0.500. The van der Waals surface area contributed by atoms with E-state index in [1.807, 2.05) is 0 Å². The summed E-state index contributed by atoms with van der Waals surface area (Å²) in [4.78, 5) is -0.736. The minimum Gasteiger partial charge on any atom is -0.307 e. The van der Waals surface area contributed by atoms with Crippen molar-refractivity contribution in [3.63, 3.8) is 0 Å². The van der Waals surface area contributed by atoms with Crippen LogP contribution in [0.3, 0.4) is 0 Å². The second-order valence-corrected chi connectivity index (χ2v) is 2.22. The first kappa shape index (κ1) is 5.87. The Labute approximate surface area is 43.3 Å². The largest absolute Gasteiger partial charge is 0.307 e. The number of hydrogen-bond acceptors (Lipinski definition) is 2. The van der Waals surface area contributed by atoms with E-state index in [4.69, 9.17) is 12.2 Å². The Hall–Kier alpha value is -0.130. The van der Waals surface area contributed by atoms with Crippen LogP contribution in [0, 0.1) is 12.3 Å². The predicted octanol–water partition coefficient (Wildman–Crippen LogP) is 0.224. The lowest BCUT2D eigenvalue weighted by Gasteiger charge is -2.04. The summed E-state index contributed by atoms with van der Waals surface area (Å²) in [5.41, 5.74) is 5.16. The zero-order valence-electron chi connectivity index (χ0n) is 3.60. The van der Waals surface area contributed by atoms with E-state index < -0.39 is 4.87 Å². The maximum atomic E-state index is 5.16. The van der Waals surface area contributed by atoms with E-state index in [0.29, 0.717) is 0 Å². The Morgan fingerprint density at radius 1 is 2.00 bits per heavy atom. The van der Waals surface area contributed by atoms with E-state index in [-0.39, 0.29) is 0 Å². The first-order valence-electron chi connectivity index (χ1n) is 1.55. The first-order valence-corrected chi connectivity index (χ1v) is 2.00. The normalized spacial score (nSPS) is 18.3. The minimum absolute atomic E-state index is 0.736. The highest BCUT2D eigenvalue weighted by molar-refractivity contribution is 7.82. The van der Waals surface area contributed by atoms with E-state index >= 15 is 0 Å². The van der Waals surface area contributed by atoms with E-state index in [0.717, 1.165) is 0 Å². The number of nitrogens with two attached hydrogens (primary N) is 1. The molecule has 0 aromatic heterocycles. The predicted molar refractivity (Wildman–Crippen MR) is 30.4 cm³/mol. The molecule has 2 heteroatoms. The van der Waals surface area contributed by atoms with Crippen molar-refractivity contribution in [3.05, 3.63) is 0 Å². The Balaban J connectivity index is 3.55. The Bertz CT molecular complexity index is 74.5. The maximum Gasteiger partial charge on any atom is 0.118 e. The standard InChI is InChI=1S/C4H7NS/c1-3-4(2,5)6/h1,6H,5H2,2H3. The van der Waals surface area contributed by atoms with Gasteiger partial charge < -0.3 is 5.73 Å². The molecule has 0 amide bonds. The third kappa shape index (κ3) is 3.87. The molecule has 0 aliphatic carbocycles. The molecule has 1 nitrogen and oxygen atoms in total. The van der Waals surface area contributed by atoms with Crippen LogP contribution in [0.25, 0.3) is 0 Å². The number of hydrogen-bond donors (Lipinski definition) is 2. The van der Waals surface area contributed by atoms with Crippen molar-refractivity contribution < 1.29 is 0 Å². The fourth-order valence-electron chi connectivity index (χ4n) is 0. The lowest BCUT2D eigenvalue weighted by Crippen LogP contribution is -2.25. The molecule has 6 heavy (non-hydrogen) atoms. The quantitative estimate of drug-likeness (QED) is 0.255. The van der Waals surface area contributed by atoms with Gasteiger partial charge in [-0.15, -0.1) is 19.1 Å². The van der Waals surface area contributed by atoms with Gasteiger partial charge in [0.2, 0.25) is 0 Å². The van der Waals surface area contributed by atoms with Crippen LogP contribution in [0.15, 0.2) is 0 Å². The van der Waals surface area contributed by atoms with Gasteiger partial charge in [0.05, 0.1) is 0 Å². The monoisotopic (exact) mass is 101 g/mol. The molecule has 0 aliphatic rings. The van der Waals surface area contributed by atoms with Crippen LogP contribution >= 0.6 is 12.6 Å². The highest BCUT2D eigenvalue weighted by Gasteiger charge is 2.02. The van der Waals surface area contributed by atoms with Gasteiger partial charge in [0.1, 0.15) is 4.87 Å². The number of terminal acetylenes is 1. The molecular formula is C4H7NS. The first-order chi connectivity index (χ1) is 2.56. The molecule has 0 saturated heterocycles. The van der Waals surface area contributed by atoms with Crippen LogP contribution in [0.2, 0.25) is 0 Å². The van der Waals surface area contributed by atoms with Gasteiger partial charge in [0.15, 0.2) is 0 Å². The van der Waals surface area contributed by atoms with Gasteiger partial charge in [0, 0.05) is 0 Å². The van der Waals surface area contributed by atoms with Crippen LogP contribution in [-0.2, 0) is 0 Å². The number of rotatable bonds is 0. The van der Waals surface area contributed by atoms with Crippen LogP contribution < -0.4 is 5.73 Å².